The molecule has 0 amide bonds. The van der Waals surface area contributed by atoms with Crippen LogP contribution in [0.2, 0.25) is 0 Å². The Hall–Kier alpha value is -2.59. The highest BCUT2D eigenvalue weighted by molar-refractivity contribution is 7.88. The molecule has 0 radical (unpaired) electrons. The predicted molar refractivity (Wildman–Crippen MR) is 145 cm³/mol. The number of benzene rings is 3. The van der Waals surface area contributed by atoms with Crippen LogP contribution in [-0.4, -0.2) is 51.2 Å². The van der Waals surface area contributed by atoms with Crippen molar-refractivity contribution >= 4 is 10.0 Å². The Kier molecular flexibility index (Phi) is 8.57. The van der Waals surface area contributed by atoms with Crippen LogP contribution < -0.4 is 4.72 Å². The summed E-state index contributed by atoms with van der Waals surface area (Å²) in [5, 5.41) is 0. The van der Waals surface area contributed by atoms with E-state index >= 15 is 0 Å². The zero-order chi connectivity index (χ0) is 26.4. The van der Waals surface area contributed by atoms with Crippen molar-refractivity contribution < 1.29 is 27.4 Å². The molecule has 2 aliphatic rings. The van der Waals surface area contributed by atoms with E-state index in [2.05, 4.69) is 4.72 Å². The second-order valence-corrected chi connectivity index (χ2v) is 11.9. The predicted octanol–water partition coefficient (Wildman–Crippen LogP) is 4.22. The van der Waals surface area contributed by atoms with Crippen LogP contribution in [0.3, 0.4) is 0 Å². The van der Waals surface area contributed by atoms with E-state index in [1.807, 2.05) is 91.0 Å². The van der Waals surface area contributed by atoms with Crippen molar-refractivity contribution in [3.8, 4) is 0 Å². The van der Waals surface area contributed by atoms with Gasteiger partial charge in [-0.3, -0.25) is 0 Å². The molecular formula is C30H35NO6S. The molecule has 2 heterocycles. The molecule has 8 heteroatoms. The topological polar surface area (TPSA) is 83.1 Å². The second-order valence-electron chi connectivity index (χ2n) is 10.1. The standard InChI is InChI=1S/C30H35NO6S/c1-38(32,33)31-27-26-17-18-30(37-26,22-34-19-23-11-5-2-6-12-23)29(36-21-25-15-9-4-10-16-25)28(27)35-20-24-13-7-3-8-14-24/h2-16,26-29,31H,17-22H2,1H3/t26-,27+,28-,29-,30-/m1/s1. The molecule has 0 aromatic heterocycles. The van der Waals surface area contributed by atoms with Gasteiger partial charge in [-0.15, -0.1) is 0 Å². The molecular weight excluding hydrogens is 502 g/mol. The maximum Gasteiger partial charge on any atom is 0.209 e. The number of nitrogens with one attached hydrogen (secondary N) is 1. The lowest BCUT2D eigenvalue weighted by atomic mass is 9.88. The number of fused-ring (bicyclic) bond motifs is 2. The van der Waals surface area contributed by atoms with E-state index in [4.69, 9.17) is 18.9 Å². The first-order valence-electron chi connectivity index (χ1n) is 13.0. The highest BCUT2D eigenvalue weighted by atomic mass is 32.2. The molecule has 2 fully saturated rings. The quantitative estimate of drug-likeness (QED) is 0.373. The molecule has 0 spiro atoms. The van der Waals surface area contributed by atoms with Gasteiger partial charge in [-0.25, -0.2) is 13.1 Å². The third-order valence-corrected chi connectivity index (χ3v) is 7.88. The Bertz CT molecular complexity index is 1260. The van der Waals surface area contributed by atoms with Crippen molar-refractivity contribution in [2.45, 2.75) is 62.6 Å². The first kappa shape index (κ1) is 27.0. The van der Waals surface area contributed by atoms with Crippen molar-refractivity contribution in [1.82, 2.24) is 4.72 Å². The molecule has 0 saturated carbocycles. The summed E-state index contributed by atoms with van der Waals surface area (Å²) in [5.74, 6) is 0. The second kappa shape index (κ2) is 12.1. The fourth-order valence-electron chi connectivity index (χ4n) is 5.43. The molecule has 7 nitrogen and oxygen atoms in total. The lowest BCUT2D eigenvalue weighted by Gasteiger charge is -2.48. The average Bonchev–Trinajstić information content (AvgIpc) is 3.31. The molecule has 5 atom stereocenters. The van der Waals surface area contributed by atoms with Gasteiger partial charge in [0.1, 0.15) is 17.8 Å². The summed E-state index contributed by atoms with van der Waals surface area (Å²) in [6.45, 7) is 1.43. The molecule has 3 aromatic rings. The summed E-state index contributed by atoms with van der Waals surface area (Å²) in [6, 6.07) is 29.2. The smallest absolute Gasteiger partial charge is 0.209 e. The molecule has 2 aliphatic heterocycles. The number of rotatable bonds is 12. The molecule has 1 N–H and O–H groups in total. The Balaban J connectivity index is 1.42. The van der Waals surface area contributed by atoms with Gasteiger partial charge in [0.2, 0.25) is 10.0 Å². The fraction of sp³-hybridized carbons (Fsp3) is 0.400. The fourth-order valence-corrected chi connectivity index (χ4v) is 6.21. The summed E-state index contributed by atoms with van der Waals surface area (Å²) in [6.07, 6.45) is 1.05. The van der Waals surface area contributed by atoms with Gasteiger partial charge in [0.25, 0.3) is 0 Å². The lowest BCUT2D eigenvalue weighted by molar-refractivity contribution is -0.253. The average molecular weight is 538 g/mol. The van der Waals surface area contributed by atoms with Crippen LogP contribution in [0.15, 0.2) is 91.0 Å². The Morgan fingerprint density at radius 3 is 1.89 bits per heavy atom. The van der Waals surface area contributed by atoms with E-state index < -0.39 is 33.9 Å². The van der Waals surface area contributed by atoms with E-state index in [0.29, 0.717) is 39.3 Å². The van der Waals surface area contributed by atoms with Crippen LogP contribution >= 0.6 is 0 Å². The molecule has 5 rings (SSSR count). The summed E-state index contributed by atoms with van der Waals surface area (Å²) in [4.78, 5) is 0. The van der Waals surface area contributed by atoms with Gasteiger partial charge in [0, 0.05) is 0 Å². The molecule has 3 aromatic carbocycles. The zero-order valence-electron chi connectivity index (χ0n) is 21.6. The van der Waals surface area contributed by atoms with E-state index in [1.165, 1.54) is 6.26 Å². The van der Waals surface area contributed by atoms with Gasteiger partial charge in [-0.2, -0.15) is 0 Å². The minimum atomic E-state index is -3.52. The SMILES string of the molecule is CS(=O)(=O)N[C@@H]1[C@@H](OCc2ccccc2)[C@@H](OCc2ccccc2)[C@]2(COCc3ccccc3)CC[C@H]1O2. The highest BCUT2D eigenvalue weighted by Gasteiger charge is 2.60. The zero-order valence-corrected chi connectivity index (χ0v) is 22.4. The van der Waals surface area contributed by atoms with Crippen LogP contribution in [0.1, 0.15) is 29.5 Å². The Labute approximate surface area is 225 Å². The van der Waals surface area contributed by atoms with E-state index in [-0.39, 0.29) is 6.10 Å². The third kappa shape index (κ3) is 6.69. The maximum atomic E-state index is 12.4. The van der Waals surface area contributed by atoms with Gasteiger partial charge in [-0.05, 0) is 29.5 Å². The van der Waals surface area contributed by atoms with E-state index in [0.717, 1.165) is 16.7 Å². The minimum absolute atomic E-state index is 0.314. The first-order valence-corrected chi connectivity index (χ1v) is 14.9. The van der Waals surface area contributed by atoms with E-state index in [9.17, 15) is 8.42 Å². The summed E-state index contributed by atoms with van der Waals surface area (Å²) >= 11 is 0. The first-order chi connectivity index (χ1) is 18.4. The van der Waals surface area contributed by atoms with Gasteiger partial charge in [0.15, 0.2) is 0 Å². The van der Waals surface area contributed by atoms with Crippen LogP contribution in [0.5, 0.6) is 0 Å². The van der Waals surface area contributed by atoms with Gasteiger partial charge in [-0.1, -0.05) is 91.0 Å². The maximum absolute atomic E-state index is 12.4. The number of sulfonamides is 1. The largest absolute Gasteiger partial charge is 0.374 e. The Morgan fingerprint density at radius 2 is 1.34 bits per heavy atom. The number of hydrogen-bond donors (Lipinski definition) is 1. The summed E-state index contributed by atoms with van der Waals surface area (Å²) in [5.41, 5.74) is 2.33. The molecule has 2 bridgehead atoms. The molecule has 38 heavy (non-hydrogen) atoms. The molecule has 0 aliphatic carbocycles. The van der Waals surface area contributed by atoms with Crippen molar-refractivity contribution in [2.24, 2.45) is 0 Å². The van der Waals surface area contributed by atoms with Crippen LogP contribution in [-0.2, 0) is 48.8 Å². The van der Waals surface area contributed by atoms with Gasteiger partial charge >= 0.3 is 0 Å². The Morgan fingerprint density at radius 1 is 0.816 bits per heavy atom. The molecule has 202 valence electrons. The van der Waals surface area contributed by atoms with Crippen molar-refractivity contribution in [2.75, 3.05) is 12.9 Å². The minimum Gasteiger partial charge on any atom is -0.374 e. The summed E-state index contributed by atoms with van der Waals surface area (Å²) in [7, 11) is -3.52. The monoisotopic (exact) mass is 537 g/mol. The van der Waals surface area contributed by atoms with Crippen molar-refractivity contribution in [1.29, 1.82) is 0 Å². The number of hydrogen-bond acceptors (Lipinski definition) is 6. The van der Waals surface area contributed by atoms with E-state index in [1.54, 1.807) is 0 Å². The van der Waals surface area contributed by atoms with Crippen molar-refractivity contribution in [3.05, 3.63) is 108 Å². The highest BCUT2D eigenvalue weighted by Crippen LogP contribution is 2.45. The van der Waals surface area contributed by atoms with Crippen LogP contribution in [0, 0.1) is 0 Å². The lowest BCUT2D eigenvalue weighted by Crippen LogP contribution is -2.67. The van der Waals surface area contributed by atoms with Crippen LogP contribution in [0.25, 0.3) is 0 Å². The van der Waals surface area contributed by atoms with Crippen molar-refractivity contribution in [3.63, 3.8) is 0 Å². The van der Waals surface area contributed by atoms with Gasteiger partial charge in [0.05, 0.1) is 44.8 Å². The molecule has 2 saturated heterocycles. The number of ether oxygens (including phenoxy) is 4. The van der Waals surface area contributed by atoms with Gasteiger partial charge < -0.3 is 18.9 Å². The normalized spacial score (nSPS) is 26.9. The summed E-state index contributed by atoms with van der Waals surface area (Å²) < 4.78 is 53.5. The third-order valence-electron chi connectivity index (χ3n) is 7.18. The van der Waals surface area contributed by atoms with Crippen LogP contribution in [0.4, 0.5) is 0 Å². The molecule has 0 unspecified atom stereocenters.